The third kappa shape index (κ3) is 4.13. The van der Waals surface area contributed by atoms with Crippen molar-refractivity contribution in [1.82, 2.24) is 5.32 Å². The molecule has 0 aliphatic carbocycles. The van der Waals surface area contributed by atoms with Gasteiger partial charge in [0.1, 0.15) is 16.9 Å². The number of nitrogens with one attached hydrogen (secondary N) is 1. The van der Waals surface area contributed by atoms with Gasteiger partial charge in [0.05, 0.1) is 13.4 Å². The standard InChI is InChI=1S/C26H27NO5/c1-15-14-31-24-17(3)25-22(13-21(15)24)16(2)20(26(29)32-25)8-9-23(28)27-11-10-18-6-5-7-19(12-18)30-4/h5-7,12-14H,8-11H2,1-4H3,(H,27,28). The summed E-state index contributed by atoms with van der Waals surface area (Å²) in [6.07, 6.45) is 2.97. The van der Waals surface area contributed by atoms with Crippen LogP contribution in [0.25, 0.3) is 21.9 Å². The molecule has 0 atom stereocenters. The van der Waals surface area contributed by atoms with Gasteiger partial charge in [-0.1, -0.05) is 12.1 Å². The molecule has 32 heavy (non-hydrogen) atoms. The van der Waals surface area contributed by atoms with Crippen LogP contribution in [0.5, 0.6) is 5.75 Å². The maximum absolute atomic E-state index is 12.7. The summed E-state index contributed by atoms with van der Waals surface area (Å²) in [5, 5.41) is 4.82. The molecule has 6 nitrogen and oxygen atoms in total. The Hall–Kier alpha value is -3.54. The summed E-state index contributed by atoms with van der Waals surface area (Å²) in [5.74, 6) is 0.703. The Bertz CT molecular complexity index is 1360. The van der Waals surface area contributed by atoms with E-state index in [-0.39, 0.29) is 12.3 Å². The Labute approximate surface area is 186 Å². The monoisotopic (exact) mass is 433 g/mol. The number of amides is 1. The van der Waals surface area contributed by atoms with Crippen LogP contribution in [-0.4, -0.2) is 19.6 Å². The second kappa shape index (κ2) is 8.91. The number of carbonyl (C=O) groups is 1. The first kappa shape index (κ1) is 21.7. The molecular formula is C26H27NO5. The van der Waals surface area contributed by atoms with E-state index in [0.29, 0.717) is 30.5 Å². The molecule has 6 heteroatoms. The summed E-state index contributed by atoms with van der Waals surface area (Å²) in [6.45, 7) is 6.32. The smallest absolute Gasteiger partial charge is 0.339 e. The van der Waals surface area contributed by atoms with Crippen molar-refractivity contribution in [2.75, 3.05) is 13.7 Å². The summed E-state index contributed by atoms with van der Waals surface area (Å²) in [5.41, 5.74) is 5.21. The van der Waals surface area contributed by atoms with Crippen molar-refractivity contribution >= 4 is 27.8 Å². The van der Waals surface area contributed by atoms with Gasteiger partial charge in [-0.25, -0.2) is 4.79 Å². The third-order valence-corrected chi connectivity index (χ3v) is 6.01. The number of fused-ring (bicyclic) bond motifs is 2. The van der Waals surface area contributed by atoms with Gasteiger partial charge in [-0.2, -0.15) is 0 Å². The summed E-state index contributed by atoms with van der Waals surface area (Å²) in [6, 6.07) is 9.78. The fourth-order valence-electron chi connectivity index (χ4n) is 4.11. The van der Waals surface area contributed by atoms with Gasteiger partial charge in [-0.15, -0.1) is 0 Å². The molecule has 166 valence electrons. The number of carbonyl (C=O) groups excluding carboxylic acids is 1. The highest BCUT2D eigenvalue weighted by molar-refractivity contribution is 5.99. The minimum atomic E-state index is -0.398. The van der Waals surface area contributed by atoms with E-state index in [9.17, 15) is 9.59 Å². The van der Waals surface area contributed by atoms with Gasteiger partial charge in [0.2, 0.25) is 5.91 Å². The molecular weight excluding hydrogens is 406 g/mol. The van der Waals surface area contributed by atoms with E-state index < -0.39 is 5.63 Å². The SMILES string of the molecule is COc1cccc(CCNC(=O)CCc2c(C)c3cc4c(C)coc4c(C)c3oc2=O)c1. The molecule has 2 aromatic carbocycles. The second-order valence-corrected chi connectivity index (χ2v) is 8.12. The van der Waals surface area contributed by atoms with Gasteiger partial charge < -0.3 is 18.9 Å². The highest BCUT2D eigenvalue weighted by Gasteiger charge is 2.18. The first-order valence-corrected chi connectivity index (χ1v) is 10.7. The van der Waals surface area contributed by atoms with E-state index in [1.165, 1.54) is 0 Å². The molecule has 0 bridgehead atoms. The van der Waals surface area contributed by atoms with Crippen molar-refractivity contribution in [2.24, 2.45) is 0 Å². The van der Waals surface area contributed by atoms with E-state index in [1.54, 1.807) is 13.4 Å². The van der Waals surface area contributed by atoms with Crippen LogP contribution in [0.4, 0.5) is 0 Å². The molecule has 0 aliphatic rings. The van der Waals surface area contributed by atoms with Crippen LogP contribution in [0.2, 0.25) is 0 Å². The lowest BCUT2D eigenvalue weighted by molar-refractivity contribution is -0.121. The normalized spacial score (nSPS) is 11.2. The van der Waals surface area contributed by atoms with Crippen LogP contribution < -0.4 is 15.7 Å². The molecule has 0 saturated heterocycles. The van der Waals surface area contributed by atoms with E-state index >= 15 is 0 Å². The molecule has 0 spiro atoms. The zero-order chi connectivity index (χ0) is 22.8. The van der Waals surface area contributed by atoms with Crippen molar-refractivity contribution in [2.45, 2.75) is 40.0 Å². The van der Waals surface area contributed by atoms with E-state index in [2.05, 4.69) is 5.32 Å². The van der Waals surface area contributed by atoms with E-state index in [4.69, 9.17) is 13.6 Å². The first-order valence-electron chi connectivity index (χ1n) is 10.7. The maximum Gasteiger partial charge on any atom is 0.339 e. The molecule has 0 fully saturated rings. The highest BCUT2D eigenvalue weighted by atomic mass is 16.5. The lowest BCUT2D eigenvalue weighted by atomic mass is 9.98. The topological polar surface area (TPSA) is 81.7 Å². The molecule has 1 N–H and O–H groups in total. The summed E-state index contributed by atoms with van der Waals surface area (Å²) < 4.78 is 16.5. The number of rotatable bonds is 7. The molecule has 4 aromatic rings. The molecule has 0 aliphatic heterocycles. The van der Waals surface area contributed by atoms with Crippen molar-refractivity contribution in [3.63, 3.8) is 0 Å². The summed E-state index contributed by atoms with van der Waals surface area (Å²) in [4.78, 5) is 25.1. The van der Waals surface area contributed by atoms with Crippen molar-refractivity contribution < 1.29 is 18.4 Å². The molecule has 0 unspecified atom stereocenters. The molecule has 1 amide bonds. The number of ether oxygens (including phenoxy) is 1. The van der Waals surface area contributed by atoms with E-state index in [1.807, 2.05) is 51.1 Å². The summed E-state index contributed by atoms with van der Waals surface area (Å²) in [7, 11) is 1.63. The fraction of sp³-hybridized carbons (Fsp3) is 0.308. The van der Waals surface area contributed by atoms with Crippen molar-refractivity contribution in [1.29, 1.82) is 0 Å². The molecule has 4 rings (SSSR count). The molecule has 0 saturated carbocycles. The number of methoxy groups -OCH3 is 1. The lowest BCUT2D eigenvalue weighted by Gasteiger charge is -2.10. The Morgan fingerprint density at radius 2 is 1.84 bits per heavy atom. The lowest BCUT2D eigenvalue weighted by Crippen LogP contribution is -2.26. The van der Waals surface area contributed by atoms with Crippen LogP contribution >= 0.6 is 0 Å². The average molecular weight is 434 g/mol. The number of aryl methyl sites for hydroxylation is 3. The Morgan fingerprint density at radius 1 is 1.03 bits per heavy atom. The second-order valence-electron chi connectivity index (χ2n) is 8.12. The quantitative estimate of drug-likeness (QED) is 0.425. The largest absolute Gasteiger partial charge is 0.497 e. The fourth-order valence-corrected chi connectivity index (χ4v) is 4.11. The summed E-state index contributed by atoms with van der Waals surface area (Å²) >= 11 is 0. The molecule has 2 aromatic heterocycles. The van der Waals surface area contributed by atoms with Crippen LogP contribution in [0.15, 0.2) is 50.2 Å². The average Bonchev–Trinajstić information content (AvgIpc) is 3.15. The predicted molar refractivity (Wildman–Crippen MR) is 124 cm³/mol. The minimum Gasteiger partial charge on any atom is -0.497 e. The zero-order valence-electron chi connectivity index (χ0n) is 18.8. The third-order valence-electron chi connectivity index (χ3n) is 6.01. The number of hydrogen-bond acceptors (Lipinski definition) is 5. The Morgan fingerprint density at radius 3 is 2.62 bits per heavy atom. The number of hydrogen-bond donors (Lipinski definition) is 1. The predicted octanol–water partition coefficient (Wildman–Crippen LogP) is 4.76. The zero-order valence-corrected chi connectivity index (χ0v) is 18.8. The van der Waals surface area contributed by atoms with Crippen molar-refractivity contribution in [3.05, 3.63) is 74.8 Å². The van der Waals surface area contributed by atoms with Gasteiger partial charge in [-0.3, -0.25) is 4.79 Å². The van der Waals surface area contributed by atoms with Crippen LogP contribution in [0, 0.1) is 20.8 Å². The van der Waals surface area contributed by atoms with Gasteiger partial charge in [0.15, 0.2) is 0 Å². The maximum atomic E-state index is 12.7. The van der Waals surface area contributed by atoms with Crippen LogP contribution in [0.1, 0.15) is 34.2 Å². The van der Waals surface area contributed by atoms with Gasteiger partial charge >= 0.3 is 5.63 Å². The highest BCUT2D eigenvalue weighted by Crippen LogP contribution is 2.32. The molecule has 0 radical (unpaired) electrons. The van der Waals surface area contributed by atoms with E-state index in [0.717, 1.165) is 44.4 Å². The van der Waals surface area contributed by atoms with Gasteiger partial charge in [0, 0.05) is 34.9 Å². The van der Waals surface area contributed by atoms with Crippen LogP contribution in [0.3, 0.4) is 0 Å². The Kier molecular flexibility index (Phi) is 6.04. The van der Waals surface area contributed by atoms with Gasteiger partial charge in [-0.05, 0) is 68.5 Å². The Balaban J connectivity index is 1.46. The van der Waals surface area contributed by atoms with Crippen molar-refractivity contribution in [3.8, 4) is 5.75 Å². The van der Waals surface area contributed by atoms with Crippen LogP contribution in [-0.2, 0) is 17.6 Å². The first-order chi connectivity index (χ1) is 15.4. The minimum absolute atomic E-state index is 0.0934. The van der Waals surface area contributed by atoms with Gasteiger partial charge in [0.25, 0.3) is 0 Å². The number of furan rings is 1. The molecule has 2 heterocycles. The number of benzene rings is 2.